The number of benzene rings is 4. The van der Waals surface area contributed by atoms with Crippen LogP contribution in [0.15, 0.2) is 60.7 Å². The van der Waals surface area contributed by atoms with Gasteiger partial charge in [-0.05, 0) is 87.4 Å². The number of fused-ring (bicyclic) bond motifs is 3. The first-order valence-electron chi connectivity index (χ1n) is 20.1. The van der Waals surface area contributed by atoms with Crippen LogP contribution in [0.1, 0.15) is 73.6 Å². The van der Waals surface area contributed by atoms with Crippen LogP contribution in [-0.2, 0) is 29.2 Å². The largest absolute Gasteiger partial charge is 0.496 e. The van der Waals surface area contributed by atoms with Crippen LogP contribution >= 0.6 is 11.6 Å². The molecule has 8 rings (SSSR count). The van der Waals surface area contributed by atoms with E-state index in [1.807, 2.05) is 19.2 Å². The summed E-state index contributed by atoms with van der Waals surface area (Å²) in [6.07, 6.45) is 6.56. The van der Waals surface area contributed by atoms with Gasteiger partial charge in [0.2, 0.25) is 5.91 Å². The maximum absolute atomic E-state index is 15.7. The van der Waals surface area contributed by atoms with E-state index in [4.69, 9.17) is 26.5 Å². The molecule has 60 heavy (non-hydrogen) atoms. The van der Waals surface area contributed by atoms with Gasteiger partial charge in [-0.25, -0.2) is 4.39 Å². The Kier molecular flexibility index (Phi) is 12.5. The number of hydrogen-bond donors (Lipinski definition) is 5. The number of hydrogen-bond acceptors (Lipinski definition) is 10. The highest BCUT2D eigenvalue weighted by molar-refractivity contribution is 6.36. The summed E-state index contributed by atoms with van der Waals surface area (Å²) >= 11 is 7.09. The van der Waals surface area contributed by atoms with Crippen LogP contribution in [-0.4, -0.2) is 72.4 Å². The summed E-state index contributed by atoms with van der Waals surface area (Å²) in [4.78, 5) is 37.9. The highest BCUT2D eigenvalue weighted by Gasteiger charge is 2.54. The van der Waals surface area contributed by atoms with Crippen molar-refractivity contribution in [3.63, 3.8) is 0 Å². The third kappa shape index (κ3) is 8.28. The Bertz CT molecular complexity index is 2320. The predicted octanol–water partition coefficient (Wildman–Crippen LogP) is 8.33. The van der Waals surface area contributed by atoms with E-state index in [1.54, 1.807) is 42.5 Å². The molecule has 4 aromatic rings. The number of carbonyl (C=O) groups excluding carboxylic acids is 1. The molecular weight excluding hydrogens is 791 g/mol. The predicted molar refractivity (Wildman–Crippen MR) is 229 cm³/mol. The quantitative estimate of drug-likeness (QED) is 0.0394. The molecule has 0 aromatic heterocycles. The van der Waals surface area contributed by atoms with Crippen molar-refractivity contribution in [2.24, 2.45) is 5.41 Å². The van der Waals surface area contributed by atoms with Crippen LogP contribution in [0.5, 0.6) is 11.5 Å². The molecule has 3 aliphatic carbocycles. The molecule has 4 aliphatic rings. The van der Waals surface area contributed by atoms with Crippen LogP contribution < -0.4 is 25.4 Å². The number of methoxy groups -OCH3 is 2. The first kappa shape index (κ1) is 42.6. The standard InChI is InChI=1S/C45H50ClFN6O7/c1-52(45-15-12-44(13-16-45,14-17-45)43(55)56)26-29-19-38(53(57)58)28(21-39(29)59-2)23-50-37-9-5-7-32(34(37)22-48)33-8-4-6-31(42(33)46)27-18-36(47)35(40(20-27)60-3)25-49-24-30-10-11-41(54)51-30/h4-9,18-22,30,48-50H,10-17,23-26H2,1-3H3,(H,51,54)(H,55,56). The number of ether oxygens (including phenoxy) is 2. The smallest absolute Gasteiger partial charge is 0.309 e. The van der Waals surface area contributed by atoms with Crippen LogP contribution in [0.25, 0.3) is 22.3 Å². The summed E-state index contributed by atoms with van der Waals surface area (Å²) in [6, 6.07) is 17.2. The minimum absolute atomic E-state index is 0.00118. The molecule has 1 amide bonds. The third-order valence-corrected chi connectivity index (χ3v) is 13.4. The molecule has 1 heterocycles. The zero-order valence-corrected chi connectivity index (χ0v) is 34.7. The average molecular weight is 841 g/mol. The molecule has 0 radical (unpaired) electrons. The maximum atomic E-state index is 15.7. The third-order valence-electron chi connectivity index (χ3n) is 13.0. The first-order valence-corrected chi connectivity index (χ1v) is 20.5. The van der Waals surface area contributed by atoms with Crippen LogP contribution in [0, 0.1) is 26.8 Å². The van der Waals surface area contributed by atoms with Gasteiger partial charge in [0.05, 0.1) is 35.1 Å². The Morgan fingerprint density at radius 3 is 2.33 bits per heavy atom. The molecule has 4 aromatic carbocycles. The minimum Gasteiger partial charge on any atom is -0.496 e. The summed E-state index contributed by atoms with van der Waals surface area (Å²) < 4.78 is 27.1. The summed E-state index contributed by atoms with van der Waals surface area (Å²) in [6.45, 7) is 1.16. The van der Waals surface area contributed by atoms with Crippen LogP contribution in [0.2, 0.25) is 5.02 Å². The van der Waals surface area contributed by atoms with Gasteiger partial charge in [0.25, 0.3) is 5.69 Å². The monoisotopic (exact) mass is 840 g/mol. The summed E-state index contributed by atoms with van der Waals surface area (Å²) in [5.41, 5.74) is 3.87. The Morgan fingerprint density at radius 2 is 1.70 bits per heavy atom. The second-order valence-corrected chi connectivity index (χ2v) is 16.6. The summed E-state index contributed by atoms with van der Waals surface area (Å²) in [5, 5.41) is 40.5. The molecular formula is C45H50ClFN6O7. The van der Waals surface area contributed by atoms with E-state index in [9.17, 15) is 24.8 Å². The van der Waals surface area contributed by atoms with E-state index in [-0.39, 0.29) is 36.3 Å². The lowest BCUT2D eigenvalue weighted by atomic mass is 9.57. The van der Waals surface area contributed by atoms with Gasteiger partial charge in [-0.3, -0.25) is 24.6 Å². The molecule has 15 heteroatoms. The molecule has 2 bridgehead atoms. The molecule has 1 atom stereocenters. The molecule has 1 saturated heterocycles. The van der Waals surface area contributed by atoms with Crippen molar-refractivity contribution in [1.29, 1.82) is 5.41 Å². The van der Waals surface area contributed by atoms with Crippen molar-refractivity contribution in [2.45, 2.75) is 82.6 Å². The van der Waals surface area contributed by atoms with E-state index in [0.29, 0.717) is 105 Å². The van der Waals surface area contributed by atoms with Gasteiger partial charge in [0.1, 0.15) is 17.3 Å². The number of nitro benzene ring substituents is 1. The van der Waals surface area contributed by atoms with E-state index in [1.165, 1.54) is 26.5 Å². The molecule has 4 fully saturated rings. The molecule has 1 aliphatic heterocycles. The Balaban J connectivity index is 1.11. The fourth-order valence-electron chi connectivity index (χ4n) is 9.35. The summed E-state index contributed by atoms with van der Waals surface area (Å²) in [7, 11) is 5.01. The number of carboxylic acid groups (broad SMARTS) is 1. The second kappa shape index (κ2) is 17.6. The van der Waals surface area contributed by atoms with Crippen LogP contribution in [0.3, 0.4) is 0 Å². The van der Waals surface area contributed by atoms with Crippen molar-refractivity contribution < 1.29 is 33.5 Å². The van der Waals surface area contributed by atoms with E-state index in [0.717, 1.165) is 25.7 Å². The molecule has 1 unspecified atom stereocenters. The minimum atomic E-state index is -0.715. The second-order valence-electron chi connectivity index (χ2n) is 16.2. The lowest BCUT2D eigenvalue weighted by molar-refractivity contribution is -0.385. The zero-order chi connectivity index (χ0) is 42.8. The highest BCUT2D eigenvalue weighted by atomic mass is 35.5. The van der Waals surface area contributed by atoms with Gasteiger partial charge in [-0.2, -0.15) is 0 Å². The van der Waals surface area contributed by atoms with Gasteiger partial charge in [0, 0.05) is 90.0 Å². The topological polar surface area (TPSA) is 179 Å². The number of amides is 1. The molecule has 316 valence electrons. The first-order chi connectivity index (χ1) is 28.8. The van der Waals surface area contributed by atoms with Crippen molar-refractivity contribution in [1.82, 2.24) is 15.5 Å². The molecule has 3 saturated carbocycles. The number of aliphatic carboxylic acids is 1. The maximum Gasteiger partial charge on any atom is 0.309 e. The number of carbonyl (C=O) groups is 2. The number of nitrogens with zero attached hydrogens (tertiary/aromatic N) is 2. The van der Waals surface area contributed by atoms with Gasteiger partial charge in [-0.15, -0.1) is 0 Å². The molecule has 5 N–H and O–H groups in total. The summed E-state index contributed by atoms with van der Waals surface area (Å²) in [5.74, 6) is -0.323. The van der Waals surface area contributed by atoms with Crippen molar-refractivity contribution in [3.05, 3.63) is 104 Å². The van der Waals surface area contributed by atoms with Gasteiger partial charge in [-0.1, -0.05) is 41.9 Å². The van der Waals surface area contributed by atoms with Gasteiger partial charge >= 0.3 is 5.97 Å². The Hall–Kier alpha value is -5.57. The van der Waals surface area contributed by atoms with Gasteiger partial charge < -0.3 is 35.9 Å². The number of nitrogens with one attached hydrogen (secondary N) is 4. The number of nitro groups is 1. The van der Waals surface area contributed by atoms with E-state index < -0.39 is 22.1 Å². The van der Waals surface area contributed by atoms with E-state index >= 15 is 4.39 Å². The highest BCUT2D eigenvalue weighted by Crippen LogP contribution is 2.55. The van der Waals surface area contributed by atoms with E-state index in [2.05, 4.69) is 20.9 Å². The fourth-order valence-corrected chi connectivity index (χ4v) is 9.68. The van der Waals surface area contributed by atoms with Crippen molar-refractivity contribution in [3.8, 4) is 33.8 Å². The molecule has 0 spiro atoms. The number of rotatable bonds is 17. The zero-order valence-electron chi connectivity index (χ0n) is 34.0. The molecule has 13 nitrogen and oxygen atoms in total. The Labute approximate surface area is 353 Å². The van der Waals surface area contributed by atoms with Crippen molar-refractivity contribution in [2.75, 3.05) is 33.1 Å². The fraction of sp³-hybridized carbons (Fsp3) is 0.400. The lowest BCUT2D eigenvalue weighted by Gasteiger charge is -2.55. The number of anilines is 1. The lowest BCUT2D eigenvalue weighted by Crippen LogP contribution is -2.56. The number of carboxylic acids is 1. The Morgan fingerprint density at radius 1 is 1.02 bits per heavy atom. The number of halogens is 2. The average Bonchev–Trinajstić information content (AvgIpc) is 3.68. The van der Waals surface area contributed by atoms with Gasteiger partial charge in [0.15, 0.2) is 0 Å². The SMILES string of the molecule is COc1cc(CNc2cccc(-c3cccc(-c4cc(F)c(CNCC5CCC(=O)N5)c(OC)c4)c3Cl)c2C=N)c([N+](=O)[O-])cc1CN(C)C12CCC(C(=O)O)(CC1)CC2. The van der Waals surface area contributed by atoms with Crippen LogP contribution in [0.4, 0.5) is 15.8 Å². The normalized spacial score (nSPS) is 20.8. The van der Waals surface area contributed by atoms with Crippen molar-refractivity contribution >= 4 is 41.1 Å².